The first-order valence-corrected chi connectivity index (χ1v) is 43.2. The summed E-state index contributed by atoms with van der Waals surface area (Å²) in [5.41, 5.74) is 0. The van der Waals surface area contributed by atoms with Gasteiger partial charge in [0, 0.05) is 25.7 Å². The first-order valence-electron chi connectivity index (χ1n) is 40.2. The number of hydrogen-bond donors (Lipinski definition) is 3. The van der Waals surface area contributed by atoms with E-state index in [9.17, 15) is 43.2 Å². The number of esters is 4. The predicted octanol–water partition coefficient (Wildman–Crippen LogP) is 23.1. The number of carbonyl (C=O) groups excluding carboxylic acids is 4. The van der Waals surface area contributed by atoms with Crippen LogP contribution in [0.25, 0.3) is 0 Å². The van der Waals surface area contributed by atoms with E-state index in [-0.39, 0.29) is 25.7 Å². The number of rotatable bonds is 77. The van der Waals surface area contributed by atoms with E-state index in [4.69, 9.17) is 37.0 Å². The Morgan fingerprint density at radius 3 is 0.714 bits per heavy atom. The molecule has 0 aliphatic carbocycles. The van der Waals surface area contributed by atoms with Crippen LogP contribution >= 0.6 is 15.6 Å². The monoisotopic (exact) mass is 1430 g/mol. The minimum Gasteiger partial charge on any atom is -0.462 e. The lowest BCUT2D eigenvalue weighted by Gasteiger charge is -2.21. The number of allylic oxidation sites excluding steroid dienone is 6. The van der Waals surface area contributed by atoms with Gasteiger partial charge in [0.15, 0.2) is 12.2 Å². The molecule has 98 heavy (non-hydrogen) atoms. The van der Waals surface area contributed by atoms with Gasteiger partial charge < -0.3 is 33.8 Å². The Morgan fingerprint density at radius 1 is 0.276 bits per heavy atom. The van der Waals surface area contributed by atoms with Crippen molar-refractivity contribution in [2.45, 2.75) is 406 Å². The van der Waals surface area contributed by atoms with E-state index in [0.29, 0.717) is 25.7 Å². The lowest BCUT2D eigenvalue weighted by molar-refractivity contribution is -0.161. The fourth-order valence-electron chi connectivity index (χ4n) is 11.4. The van der Waals surface area contributed by atoms with Crippen molar-refractivity contribution < 1.29 is 80.2 Å². The smallest absolute Gasteiger partial charge is 0.462 e. The van der Waals surface area contributed by atoms with Crippen LogP contribution in [-0.2, 0) is 65.4 Å². The van der Waals surface area contributed by atoms with Gasteiger partial charge in [-0.1, -0.05) is 295 Å². The van der Waals surface area contributed by atoms with E-state index >= 15 is 0 Å². The van der Waals surface area contributed by atoms with Crippen molar-refractivity contribution in [2.75, 3.05) is 39.6 Å². The summed E-state index contributed by atoms with van der Waals surface area (Å²) in [5, 5.41) is 10.6. The van der Waals surface area contributed by atoms with Crippen molar-refractivity contribution in [1.29, 1.82) is 0 Å². The molecule has 5 atom stereocenters. The zero-order chi connectivity index (χ0) is 71.8. The lowest BCUT2D eigenvalue weighted by Crippen LogP contribution is -2.30. The van der Waals surface area contributed by atoms with Gasteiger partial charge in [-0.2, -0.15) is 0 Å². The molecule has 0 saturated heterocycles. The van der Waals surface area contributed by atoms with Crippen LogP contribution in [0.4, 0.5) is 0 Å². The van der Waals surface area contributed by atoms with E-state index in [0.717, 1.165) is 148 Å². The summed E-state index contributed by atoms with van der Waals surface area (Å²) in [4.78, 5) is 72.9. The Labute approximate surface area is 598 Å². The van der Waals surface area contributed by atoms with E-state index in [1.807, 2.05) is 0 Å². The number of carbonyl (C=O) groups is 4. The number of aliphatic hydroxyl groups excluding tert-OH is 1. The standard InChI is InChI=1S/C79H148O17P2/c1-5-9-13-17-21-25-29-33-36-40-43-47-51-55-59-63-76(81)89-69-74(95-78(83)65-61-57-53-49-45-39-32-28-24-20-16-12-8-4)71-93-97(85,86)91-67-73(80)68-92-98(87,88)94-72-75(96-79(84)66-62-58-54-50-46-42-38-35-31-27-23-19-15-11-7-3)70-90-77(82)64-60-56-52-48-44-41-37-34-30-26-22-18-14-10-6-2/h26-28,30-32,73-75,80H,5-25,29,33-72H2,1-4H3,(H,85,86)(H,87,88)/b30-26-,31-27-,32-28-/t73-,74+,75+/m0/s1. The van der Waals surface area contributed by atoms with Gasteiger partial charge in [-0.3, -0.25) is 37.3 Å². The van der Waals surface area contributed by atoms with Crippen LogP contribution in [0, 0.1) is 0 Å². The largest absolute Gasteiger partial charge is 0.472 e. The number of ether oxygens (including phenoxy) is 4. The highest BCUT2D eigenvalue weighted by molar-refractivity contribution is 7.47. The van der Waals surface area contributed by atoms with Crippen LogP contribution < -0.4 is 0 Å². The predicted molar refractivity (Wildman–Crippen MR) is 400 cm³/mol. The summed E-state index contributed by atoms with van der Waals surface area (Å²) in [7, 11) is -9.93. The van der Waals surface area contributed by atoms with Gasteiger partial charge in [-0.15, -0.1) is 0 Å². The normalized spacial score (nSPS) is 14.1. The first-order chi connectivity index (χ1) is 47.7. The van der Waals surface area contributed by atoms with Crippen LogP contribution in [0.2, 0.25) is 0 Å². The van der Waals surface area contributed by atoms with E-state index in [2.05, 4.69) is 64.2 Å². The van der Waals surface area contributed by atoms with Gasteiger partial charge in [0.1, 0.15) is 19.3 Å². The molecule has 0 heterocycles. The molecule has 0 spiro atoms. The molecule has 0 aliphatic rings. The fraction of sp³-hybridized carbons (Fsp3) is 0.873. The number of phosphoric acid groups is 2. The maximum absolute atomic E-state index is 13.1. The summed E-state index contributed by atoms with van der Waals surface area (Å²) >= 11 is 0. The highest BCUT2D eigenvalue weighted by Crippen LogP contribution is 2.45. The number of hydrogen-bond acceptors (Lipinski definition) is 15. The molecule has 17 nitrogen and oxygen atoms in total. The van der Waals surface area contributed by atoms with Gasteiger partial charge in [0.05, 0.1) is 26.4 Å². The second-order valence-corrected chi connectivity index (χ2v) is 30.3. The average molecular weight is 1430 g/mol. The molecule has 0 saturated carbocycles. The van der Waals surface area contributed by atoms with Crippen molar-refractivity contribution in [3.05, 3.63) is 36.5 Å². The lowest BCUT2D eigenvalue weighted by atomic mass is 10.0. The van der Waals surface area contributed by atoms with Crippen LogP contribution in [0.1, 0.15) is 387 Å². The van der Waals surface area contributed by atoms with Gasteiger partial charge in [0.25, 0.3) is 0 Å². The van der Waals surface area contributed by atoms with E-state index in [1.165, 1.54) is 161 Å². The van der Waals surface area contributed by atoms with Crippen molar-refractivity contribution in [3.63, 3.8) is 0 Å². The molecule has 0 amide bonds. The molecular weight excluding hydrogens is 1280 g/mol. The maximum atomic E-state index is 13.1. The first kappa shape index (κ1) is 95.3. The summed E-state index contributed by atoms with van der Waals surface area (Å²) in [6.45, 7) is 4.91. The third-order valence-electron chi connectivity index (χ3n) is 17.6. The number of unbranched alkanes of at least 4 members (excludes halogenated alkanes) is 45. The van der Waals surface area contributed by atoms with Crippen LogP contribution in [-0.4, -0.2) is 96.7 Å². The summed E-state index contributed by atoms with van der Waals surface area (Å²) in [5.74, 6) is -2.15. The summed E-state index contributed by atoms with van der Waals surface area (Å²) in [6, 6.07) is 0. The molecule has 576 valence electrons. The Balaban J connectivity index is 5.30. The highest BCUT2D eigenvalue weighted by atomic mass is 31.2. The average Bonchev–Trinajstić information content (AvgIpc) is 1.04. The Kier molecular flexibility index (Phi) is 70.6. The molecule has 3 N–H and O–H groups in total. The topological polar surface area (TPSA) is 237 Å². The molecule has 0 aromatic rings. The Hall–Kier alpha value is -2.72. The van der Waals surface area contributed by atoms with Crippen molar-refractivity contribution >= 4 is 39.5 Å². The van der Waals surface area contributed by atoms with Crippen molar-refractivity contribution in [1.82, 2.24) is 0 Å². The number of aliphatic hydroxyl groups is 1. The van der Waals surface area contributed by atoms with Crippen LogP contribution in [0.3, 0.4) is 0 Å². The highest BCUT2D eigenvalue weighted by Gasteiger charge is 2.30. The molecule has 0 fully saturated rings. The SMILES string of the molecule is CCCCCC/C=C\CCCCCCCCCC(=O)OC[C@H](COP(=O)(O)OC[C@@H](O)COP(=O)(O)OC[C@@H](COC(=O)CCCCCCCCCCCCCCCCC)OC(=O)CCCCCCC/C=C\CCCCCC)OC(=O)CCCCCCCCC/C=C\CCCCCC. The second kappa shape index (κ2) is 72.6. The molecule has 0 radical (unpaired) electrons. The zero-order valence-corrected chi connectivity index (χ0v) is 64.8. The van der Waals surface area contributed by atoms with Crippen LogP contribution in [0.5, 0.6) is 0 Å². The zero-order valence-electron chi connectivity index (χ0n) is 63.0. The van der Waals surface area contributed by atoms with Gasteiger partial charge >= 0.3 is 39.5 Å². The van der Waals surface area contributed by atoms with E-state index < -0.39 is 97.5 Å². The Morgan fingerprint density at radius 2 is 0.469 bits per heavy atom. The maximum Gasteiger partial charge on any atom is 0.472 e. The second-order valence-electron chi connectivity index (χ2n) is 27.4. The molecule has 19 heteroatoms. The van der Waals surface area contributed by atoms with Crippen molar-refractivity contribution in [3.8, 4) is 0 Å². The fourth-order valence-corrected chi connectivity index (χ4v) is 13.0. The molecular formula is C79H148O17P2. The minimum atomic E-state index is -4.97. The molecule has 0 aliphatic heterocycles. The molecule has 0 aromatic carbocycles. The third kappa shape index (κ3) is 71.7. The molecule has 0 aromatic heterocycles. The minimum absolute atomic E-state index is 0.0925. The van der Waals surface area contributed by atoms with Gasteiger partial charge in [-0.25, -0.2) is 9.13 Å². The van der Waals surface area contributed by atoms with Crippen LogP contribution in [0.15, 0.2) is 36.5 Å². The molecule has 0 bridgehead atoms. The van der Waals surface area contributed by atoms with E-state index in [1.54, 1.807) is 0 Å². The van der Waals surface area contributed by atoms with Gasteiger partial charge in [-0.05, 0) is 103 Å². The quantitative estimate of drug-likeness (QED) is 0.0169. The number of phosphoric ester groups is 2. The third-order valence-corrected chi connectivity index (χ3v) is 19.5. The summed E-state index contributed by atoms with van der Waals surface area (Å²) < 4.78 is 68.6. The molecule has 0 rings (SSSR count). The van der Waals surface area contributed by atoms with Gasteiger partial charge in [0.2, 0.25) is 0 Å². The molecule has 2 unspecified atom stereocenters. The Bertz CT molecular complexity index is 2000. The van der Waals surface area contributed by atoms with Crippen molar-refractivity contribution in [2.24, 2.45) is 0 Å². The summed E-state index contributed by atoms with van der Waals surface area (Å²) in [6.07, 6.45) is 68.3.